The van der Waals surface area contributed by atoms with Crippen molar-refractivity contribution in [3.63, 3.8) is 0 Å². The van der Waals surface area contributed by atoms with E-state index in [0.29, 0.717) is 5.41 Å². The smallest absolute Gasteiger partial charge is 0.0581 e. The summed E-state index contributed by atoms with van der Waals surface area (Å²) in [5, 5.41) is 0. The molecule has 0 aromatic rings. The van der Waals surface area contributed by atoms with Crippen LogP contribution in [0.5, 0.6) is 0 Å². The highest BCUT2D eigenvalue weighted by Gasteiger charge is 2.67. The SMILES string of the molecule is NC(N)C12CCC(C1)C1C3CCC(C3)C12. The maximum absolute atomic E-state index is 6.14. The van der Waals surface area contributed by atoms with Gasteiger partial charge in [-0.1, -0.05) is 0 Å². The van der Waals surface area contributed by atoms with Gasteiger partial charge in [0.25, 0.3) is 0 Å². The number of hydrogen-bond donors (Lipinski definition) is 2. The zero-order valence-electron chi connectivity index (χ0n) is 9.36. The van der Waals surface area contributed by atoms with E-state index in [9.17, 15) is 0 Å². The van der Waals surface area contributed by atoms with Gasteiger partial charge in [0.1, 0.15) is 0 Å². The zero-order chi connectivity index (χ0) is 10.2. The minimum atomic E-state index is -0.0446. The Morgan fingerprint density at radius 3 is 2.60 bits per heavy atom. The number of nitrogens with two attached hydrogens (primary N) is 2. The summed E-state index contributed by atoms with van der Waals surface area (Å²) in [6.45, 7) is 0. The maximum Gasteiger partial charge on any atom is 0.0581 e. The van der Waals surface area contributed by atoms with Crippen LogP contribution in [0.1, 0.15) is 38.5 Å². The fourth-order valence-corrected chi connectivity index (χ4v) is 6.17. The monoisotopic (exact) mass is 206 g/mol. The van der Waals surface area contributed by atoms with Gasteiger partial charge in [-0.15, -0.1) is 0 Å². The van der Waals surface area contributed by atoms with Crippen LogP contribution in [0, 0.1) is 35.0 Å². The van der Waals surface area contributed by atoms with Crippen molar-refractivity contribution in [2.24, 2.45) is 46.5 Å². The molecule has 2 nitrogen and oxygen atoms in total. The summed E-state index contributed by atoms with van der Waals surface area (Å²) in [6, 6.07) is 0. The minimum absolute atomic E-state index is 0.0446. The second-order valence-electron chi connectivity index (χ2n) is 6.70. The van der Waals surface area contributed by atoms with Crippen molar-refractivity contribution in [1.29, 1.82) is 0 Å². The molecule has 4 fully saturated rings. The van der Waals surface area contributed by atoms with E-state index >= 15 is 0 Å². The summed E-state index contributed by atoms with van der Waals surface area (Å²) in [5.41, 5.74) is 12.6. The van der Waals surface area contributed by atoms with Gasteiger partial charge in [-0.2, -0.15) is 0 Å². The first-order chi connectivity index (χ1) is 7.22. The fourth-order valence-electron chi connectivity index (χ4n) is 6.17. The van der Waals surface area contributed by atoms with Crippen molar-refractivity contribution < 1.29 is 0 Å². The third-order valence-corrected chi connectivity index (χ3v) is 6.48. The molecule has 0 radical (unpaired) electrons. The molecule has 2 heteroatoms. The van der Waals surface area contributed by atoms with E-state index < -0.39 is 0 Å². The first-order valence-corrected chi connectivity index (χ1v) is 6.73. The Labute approximate surface area is 91.8 Å². The topological polar surface area (TPSA) is 52.0 Å². The Morgan fingerprint density at radius 2 is 1.80 bits per heavy atom. The van der Waals surface area contributed by atoms with Gasteiger partial charge >= 0.3 is 0 Å². The summed E-state index contributed by atoms with van der Waals surface area (Å²) in [6.07, 6.45) is 8.59. The predicted molar refractivity (Wildman–Crippen MR) is 59.7 cm³/mol. The van der Waals surface area contributed by atoms with Crippen LogP contribution in [0.15, 0.2) is 0 Å². The van der Waals surface area contributed by atoms with Crippen LogP contribution in [0.25, 0.3) is 0 Å². The van der Waals surface area contributed by atoms with Gasteiger partial charge in [0, 0.05) is 5.41 Å². The maximum atomic E-state index is 6.14. The van der Waals surface area contributed by atoms with Crippen molar-refractivity contribution in [1.82, 2.24) is 0 Å². The van der Waals surface area contributed by atoms with Crippen molar-refractivity contribution in [2.45, 2.75) is 44.7 Å². The molecule has 4 saturated carbocycles. The van der Waals surface area contributed by atoms with Crippen molar-refractivity contribution in [3.05, 3.63) is 0 Å². The molecule has 6 atom stereocenters. The van der Waals surface area contributed by atoms with Crippen molar-refractivity contribution >= 4 is 0 Å². The van der Waals surface area contributed by atoms with Crippen LogP contribution in [-0.4, -0.2) is 6.17 Å². The molecule has 84 valence electrons. The molecule has 0 aromatic carbocycles. The van der Waals surface area contributed by atoms with Gasteiger partial charge < -0.3 is 11.5 Å². The highest BCUT2D eigenvalue weighted by Crippen LogP contribution is 2.72. The lowest BCUT2D eigenvalue weighted by molar-refractivity contribution is 0.0562. The largest absolute Gasteiger partial charge is 0.316 e. The molecule has 4 aliphatic rings. The van der Waals surface area contributed by atoms with E-state index in [0.717, 1.165) is 29.6 Å². The van der Waals surface area contributed by atoms with Crippen molar-refractivity contribution in [3.8, 4) is 0 Å². The van der Waals surface area contributed by atoms with Crippen LogP contribution in [0.4, 0.5) is 0 Å². The van der Waals surface area contributed by atoms with E-state index in [1.165, 1.54) is 38.5 Å². The minimum Gasteiger partial charge on any atom is -0.316 e. The van der Waals surface area contributed by atoms with E-state index in [1.807, 2.05) is 0 Å². The van der Waals surface area contributed by atoms with Crippen LogP contribution in [0.2, 0.25) is 0 Å². The Hall–Kier alpha value is -0.0800. The average Bonchev–Trinajstić information content (AvgIpc) is 2.96. The third kappa shape index (κ3) is 0.861. The molecule has 4 bridgehead atoms. The Kier molecular flexibility index (Phi) is 1.56. The lowest BCUT2D eigenvalue weighted by atomic mass is 9.63. The van der Waals surface area contributed by atoms with E-state index in [2.05, 4.69) is 0 Å². The Bertz CT molecular complexity index is 301. The van der Waals surface area contributed by atoms with Gasteiger partial charge in [-0.25, -0.2) is 0 Å². The summed E-state index contributed by atoms with van der Waals surface area (Å²) < 4.78 is 0. The molecular formula is C13H22N2. The molecule has 0 aromatic heterocycles. The summed E-state index contributed by atoms with van der Waals surface area (Å²) in [5.74, 6) is 5.02. The molecule has 0 aliphatic heterocycles. The van der Waals surface area contributed by atoms with Gasteiger partial charge in [-0.3, -0.25) is 0 Å². The quantitative estimate of drug-likeness (QED) is 0.507. The number of fused-ring (bicyclic) bond motifs is 9. The van der Waals surface area contributed by atoms with Gasteiger partial charge in [0.2, 0.25) is 0 Å². The van der Waals surface area contributed by atoms with Crippen LogP contribution >= 0.6 is 0 Å². The Balaban J connectivity index is 1.78. The second-order valence-corrected chi connectivity index (χ2v) is 6.70. The molecule has 0 amide bonds. The summed E-state index contributed by atoms with van der Waals surface area (Å²) >= 11 is 0. The van der Waals surface area contributed by atoms with Crippen LogP contribution in [0.3, 0.4) is 0 Å². The molecule has 0 heterocycles. The Morgan fingerprint density at radius 1 is 1.00 bits per heavy atom. The summed E-state index contributed by atoms with van der Waals surface area (Å²) in [7, 11) is 0. The molecule has 15 heavy (non-hydrogen) atoms. The molecular weight excluding hydrogens is 184 g/mol. The molecule has 0 saturated heterocycles. The van der Waals surface area contributed by atoms with E-state index in [1.54, 1.807) is 0 Å². The number of rotatable bonds is 1. The highest BCUT2D eigenvalue weighted by molar-refractivity contribution is 5.16. The van der Waals surface area contributed by atoms with E-state index in [4.69, 9.17) is 11.5 Å². The van der Waals surface area contributed by atoms with Crippen LogP contribution < -0.4 is 11.5 Å². The lowest BCUT2D eigenvalue weighted by Crippen LogP contribution is -2.52. The first-order valence-electron chi connectivity index (χ1n) is 6.73. The molecule has 4 N–H and O–H groups in total. The average molecular weight is 206 g/mol. The fraction of sp³-hybridized carbons (Fsp3) is 1.00. The van der Waals surface area contributed by atoms with Gasteiger partial charge in [-0.05, 0) is 68.1 Å². The second kappa shape index (κ2) is 2.60. The molecule has 6 unspecified atom stereocenters. The normalized spacial score (nSPS) is 60.6. The standard InChI is InChI=1S/C13H22N2/c14-12(15)13-4-3-9(6-13)10-7-1-2-8(5-7)11(10)13/h7-12H,1-6,14-15H2. The van der Waals surface area contributed by atoms with Crippen LogP contribution in [-0.2, 0) is 0 Å². The molecule has 0 spiro atoms. The highest BCUT2D eigenvalue weighted by atomic mass is 14.9. The van der Waals surface area contributed by atoms with Gasteiger partial charge in [0.15, 0.2) is 0 Å². The van der Waals surface area contributed by atoms with Gasteiger partial charge in [0.05, 0.1) is 6.17 Å². The molecule has 4 rings (SSSR count). The third-order valence-electron chi connectivity index (χ3n) is 6.48. The lowest BCUT2D eigenvalue weighted by Gasteiger charge is -2.44. The predicted octanol–water partition coefficient (Wildman–Crippen LogP) is 1.69. The summed E-state index contributed by atoms with van der Waals surface area (Å²) in [4.78, 5) is 0. The van der Waals surface area contributed by atoms with E-state index in [-0.39, 0.29) is 6.17 Å². The zero-order valence-corrected chi connectivity index (χ0v) is 9.36. The molecule has 4 aliphatic carbocycles. The van der Waals surface area contributed by atoms with Crippen molar-refractivity contribution in [2.75, 3.05) is 0 Å². The number of hydrogen-bond acceptors (Lipinski definition) is 2. The first kappa shape index (κ1) is 9.00.